The number of rotatable bonds is 6. The number of nitrogens with zero attached hydrogens (tertiary/aromatic N) is 4. The zero-order valence-corrected chi connectivity index (χ0v) is 14.9. The molecule has 130 valence electrons. The van der Waals surface area contributed by atoms with E-state index in [-0.39, 0.29) is 5.91 Å². The van der Waals surface area contributed by atoms with Crippen molar-refractivity contribution in [2.45, 2.75) is 39.2 Å². The van der Waals surface area contributed by atoms with Gasteiger partial charge in [-0.2, -0.15) is 0 Å². The zero-order valence-electron chi connectivity index (χ0n) is 14.1. The first-order valence-corrected chi connectivity index (χ1v) is 9.40. The molecule has 0 unspecified atom stereocenters. The predicted octanol–water partition coefficient (Wildman–Crippen LogP) is 2.50. The number of carbonyl (C=O) groups excluding carboxylic acids is 1. The summed E-state index contributed by atoms with van der Waals surface area (Å²) in [6, 6.07) is 4.20. The van der Waals surface area contributed by atoms with Crippen molar-refractivity contribution in [1.29, 1.82) is 0 Å². The Bertz CT molecular complexity index is 641. The summed E-state index contributed by atoms with van der Waals surface area (Å²) in [4.78, 5) is 18.1. The van der Waals surface area contributed by atoms with Crippen molar-refractivity contribution in [2.75, 3.05) is 26.2 Å². The van der Waals surface area contributed by atoms with E-state index >= 15 is 0 Å². The lowest BCUT2D eigenvalue weighted by molar-refractivity contribution is -0.131. The second-order valence-electron chi connectivity index (χ2n) is 6.16. The Kier molecular flexibility index (Phi) is 5.98. The largest absolute Gasteiger partial charge is 0.424 e. The van der Waals surface area contributed by atoms with Crippen molar-refractivity contribution in [3.63, 3.8) is 0 Å². The van der Waals surface area contributed by atoms with Crippen LogP contribution in [0.1, 0.15) is 35.9 Å². The summed E-state index contributed by atoms with van der Waals surface area (Å²) in [5, 5.41) is 10.0. The van der Waals surface area contributed by atoms with Crippen LogP contribution in [0.25, 0.3) is 0 Å². The standard InChI is InChI=1S/C17H24N4O2S/c1-14-18-19-16(23-14)13-20-8-4-9-21(11-10-20)17(22)7-2-5-15-6-3-12-24-15/h3,6,12H,2,4-5,7-11,13H2,1H3. The van der Waals surface area contributed by atoms with Crippen molar-refractivity contribution in [2.24, 2.45) is 0 Å². The Labute approximate surface area is 146 Å². The summed E-state index contributed by atoms with van der Waals surface area (Å²) < 4.78 is 5.45. The maximum atomic E-state index is 12.4. The summed E-state index contributed by atoms with van der Waals surface area (Å²) in [6.45, 7) is 5.91. The van der Waals surface area contributed by atoms with Crippen LogP contribution in [0.15, 0.2) is 21.9 Å². The number of thiophene rings is 1. The smallest absolute Gasteiger partial charge is 0.230 e. The molecule has 1 fully saturated rings. The molecule has 0 atom stereocenters. The van der Waals surface area contributed by atoms with Crippen LogP contribution in [0.3, 0.4) is 0 Å². The minimum absolute atomic E-state index is 0.280. The van der Waals surface area contributed by atoms with E-state index in [1.54, 1.807) is 18.3 Å². The summed E-state index contributed by atoms with van der Waals surface area (Å²) in [7, 11) is 0. The molecule has 1 amide bonds. The van der Waals surface area contributed by atoms with Crippen molar-refractivity contribution in [3.8, 4) is 0 Å². The van der Waals surface area contributed by atoms with E-state index in [1.165, 1.54) is 4.88 Å². The molecule has 0 aromatic carbocycles. The number of carbonyl (C=O) groups is 1. The molecule has 0 N–H and O–H groups in total. The van der Waals surface area contributed by atoms with Crippen LogP contribution in [0, 0.1) is 6.92 Å². The molecule has 6 nitrogen and oxygen atoms in total. The molecular weight excluding hydrogens is 324 g/mol. The lowest BCUT2D eigenvalue weighted by Gasteiger charge is -2.21. The Balaban J connectivity index is 1.41. The third-order valence-electron chi connectivity index (χ3n) is 4.26. The van der Waals surface area contributed by atoms with E-state index in [0.29, 0.717) is 24.7 Å². The minimum Gasteiger partial charge on any atom is -0.424 e. The summed E-state index contributed by atoms with van der Waals surface area (Å²) in [5.41, 5.74) is 0. The highest BCUT2D eigenvalue weighted by atomic mass is 32.1. The normalized spacial score (nSPS) is 16.3. The van der Waals surface area contributed by atoms with Gasteiger partial charge >= 0.3 is 0 Å². The molecule has 3 heterocycles. The van der Waals surface area contributed by atoms with Crippen molar-refractivity contribution >= 4 is 17.2 Å². The number of hydrogen-bond donors (Lipinski definition) is 0. The topological polar surface area (TPSA) is 62.5 Å². The molecule has 0 aliphatic carbocycles. The minimum atomic E-state index is 0.280. The van der Waals surface area contributed by atoms with Gasteiger partial charge in [-0.05, 0) is 30.7 Å². The maximum absolute atomic E-state index is 12.4. The van der Waals surface area contributed by atoms with Gasteiger partial charge in [0.15, 0.2) is 0 Å². The van der Waals surface area contributed by atoms with E-state index in [2.05, 4.69) is 32.6 Å². The SMILES string of the molecule is Cc1nnc(CN2CCCN(C(=O)CCCc3cccs3)CC2)o1. The van der Waals surface area contributed by atoms with E-state index in [4.69, 9.17) is 4.42 Å². The van der Waals surface area contributed by atoms with Gasteiger partial charge in [-0.1, -0.05) is 6.07 Å². The molecule has 0 bridgehead atoms. The molecule has 2 aromatic heterocycles. The van der Waals surface area contributed by atoms with E-state index in [0.717, 1.165) is 45.4 Å². The van der Waals surface area contributed by atoms with Crippen LogP contribution in [0.5, 0.6) is 0 Å². The fourth-order valence-corrected chi connectivity index (χ4v) is 3.75. The Morgan fingerprint density at radius 3 is 2.96 bits per heavy atom. The maximum Gasteiger partial charge on any atom is 0.230 e. The van der Waals surface area contributed by atoms with Crippen LogP contribution >= 0.6 is 11.3 Å². The lowest BCUT2D eigenvalue weighted by Crippen LogP contribution is -2.35. The van der Waals surface area contributed by atoms with Gasteiger partial charge in [0.1, 0.15) is 0 Å². The monoisotopic (exact) mass is 348 g/mol. The van der Waals surface area contributed by atoms with Gasteiger partial charge in [-0.15, -0.1) is 21.5 Å². The Hall–Kier alpha value is -1.73. The molecular formula is C17H24N4O2S. The average molecular weight is 348 g/mol. The molecule has 1 aliphatic heterocycles. The summed E-state index contributed by atoms with van der Waals surface area (Å²) in [6.07, 6.45) is 3.56. The van der Waals surface area contributed by atoms with Gasteiger partial charge in [0.25, 0.3) is 0 Å². The molecule has 3 rings (SSSR count). The Morgan fingerprint density at radius 2 is 2.21 bits per heavy atom. The molecule has 0 spiro atoms. The molecule has 1 aliphatic rings. The first-order chi connectivity index (χ1) is 11.7. The fraction of sp³-hybridized carbons (Fsp3) is 0.588. The van der Waals surface area contributed by atoms with Crippen LogP contribution in [-0.2, 0) is 17.8 Å². The van der Waals surface area contributed by atoms with Gasteiger partial charge < -0.3 is 9.32 Å². The number of aryl methyl sites for hydroxylation is 2. The highest BCUT2D eigenvalue weighted by molar-refractivity contribution is 7.09. The van der Waals surface area contributed by atoms with Crippen LogP contribution in [0.4, 0.5) is 0 Å². The van der Waals surface area contributed by atoms with Gasteiger partial charge in [0, 0.05) is 44.4 Å². The van der Waals surface area contributed by atoms with Gasteiger partial charge in [0.2, 0.25) is 17.7 Å². The highest BCUT2D eigenvalue weighted by Crippen LogP contribution is 2.14. The van der Waals surface area contributed by atoms with E-state index in [9.17, 15) is 4.79 Å². The van der Waals surface area contributed by atoms with Gasteiger partial charge in [0.05, 0.1) is 6.54 Å². The van der Waals surface area contributed by atoms with Crippen LogP contribution in [-0.4, -0.2) is 52.1 Å². The zero-order chi connectivity index (χ0) is 16.8. The number of amides is 1. The second-order valence-corrected chi connectivity index (χ2v) is 7.19. The molecule has 0 saturated carbocycles. The average Bonchev–Trinajstić information content (AvgIpc) is 3.15. The predicted molar refractivity (Wildman–Crippen MR) is 92.8 cm³/mol. The quantitative estimate of drug-likeness (QED) is 0.803. The third-order valence-corrected chi connectivity index (χ3v) is 5.20. The molecule has 7 heteroatoms. The van der Waals surface area contributed by atoms with Crippen molar-refractivity contribution in [3.05, 3.63) is 34.2 Å². The summed E-state index contributed by atoms with van der Waals surface area (Å²) in [5.74, 6) is 1.53. The fourth-order valence-electron chi connectivity index (χ4n) is 3.00. The molecule has 2 aromatic rings. The lowest BCUT2D eigenvalue weighted by atomic mass is 10.2. The van der Waals surface area contributed by atoms with E-state index in [1.807, 2.05) is 4.90 Å². The van der Waals surface area contributed by atoms with Crippen molar-refractivity contribution < 1.29 is 9.21 Å². The first-order valence-electron chi connectivity index (χ1n) is 8.52. The molecule has 0 radical (unpaired) electrons. The molecule has 24 heavy (non-hydrogen) atoms. The number of hydrogen-bond acceptors (Lipinski definition) is 6. The second kappa shape index (κ2) is 8.39. The summed E-state index contributed by atoms with van der Waals surface area (Å²) >= 11 is 1.76. The van der Waals surface area contributed by atoms with Crippen LogP contribution in [0.2, 0.25) is 0 Å². The van der Waals surface area contributed by atoms with Gasteiger partial charge in [-0.3, -0.25) is 9.69 Å². The van der Waals surface area contributed by atoms with Gasteiger partial charge in [-0.25, -0.2) is 0 Å². The van der Waals surface area contributed by atoms with Crippen LogP contribution < -0.4 is 0 Å². The Morgan fingerprint density at radius 1 is 1.29 bits per heavy atom. The first kappa shape index (κ1) is 17.1. The van der Waals surface area contributed by atoms with Crippen molar-refractivity contribution in [1.82, 2.24) is 20.0 Å². The highest BCUT2D eigenvalue weighted by Gasteiger charge is 2.20. The molecule has 1 saturated heterocycles. The van der Waals surface area contributed by atoms with E-state index < -0.39 is 0 Å². The number of aromatic nitrogens is 2. The third kappa shape index (κ3) is 4.88.